The van der Waals surface area contributed by atoms with Gasteiger partial charge in [-0.25, -0.2) is 0 Å². The quantitative estimate of drug-likeness (QED) is 0.308. The monoisotopic (exact) mass is 538 g/mol. The minimum absolute atomic E-state index is 0.0800. The Bertz CT molecular complexity index is 961. The van der Waals surface area contributed by atoms with Gasteiger partial charge >= 0.3 is 0 Å². The third-order valence-corrected chi connectivity index (χ3v) is 6.28. The van der Waals surface area contributed by atoms with E-state index in [0.29, 0.717) is 28.6 Å². The van der Waals surface area contributed by atoms with Gasteiger partial charge in [0.25, 0.3) is 5.91 Å². The molecule has 2 aromatic carbocycles. The number of thioether (sulfide) groups is 1. The average Bonchev–Trinajstić information content (AvgIpc) is 2.97. The first kappa shape index (κ1) is 21.8. The van der Waals surface area contributed by atoms with E-state index in [1.165, 1.54) is 11.8 Å². The molecule has 1 fully saturated rings. The predicted octanol–water partition coefficient (Wildman–Crippen LogP) is 4.92. The van der Waals surface area contributed by atoms with Crippen molar-refractivity contribution in [3.05, 3.63) is 62.6 Å². The molecule has 5 nitrogen and oxygen atoms in total. The second-order valence-corrected chi connectivity index (χ2v) is 9.19. The predicted molar refractivity (Wildman–Crippen MR) is 130 cm³/mol. The Kier molecular flexibility index (Phi) is 7.68. The Morgan fingerprint density at radius 2 is 2.03 bits per heavy atom. The van der Waals surface area contributed by atoms with E-state index in [0.717, 1.165) is 20.6 Å². The molecule has 29 heavy (non-hydrogen) atoms. The summed E-state index contributed by atoms with van der Waals surface area (Å²) in [6, 6.07) is 15.1. The molecule has 0 aromatic heterocycles. The summed E-state index contributed by atoms with van der Waals surface area (Å²) in [4.78, 5) is 26.9. The van der Waals surface area contributed by atoms with Crippen LogP contribution in [0.25, 0.3) is 6.08 Å². The third-order valence-electron chi connectivity index (χ3n) is 4.18. The van der Waals surface area contributed by atoms with Crippen LogP contribution in [0.2, 0.25) is 0 Å². The maximum atomic E-state index is 12.7. The summed E-state index contributed by atoms with van der Waals surface area (Å²) >= 11 is 8.85. The lowest BCUT2D eigenvalue weighted by molar-refractivity contribution is -0.122. The van der Waals surface area contributed by atoms with Crippen LogP contribution >= 0.6 is 46.6 Å². The molecule has 0 radical (unpaired) electrons. The third kappa shape index (κ3) is 6.03. The molecule has 0 aliphatic carbocycles. The first-order chi connectivity index (χ1) is 14.0. The summed E-state index contributed by atoms with van der Waals surface area (Å²) in [7, 11) is 1.60. The van der Waals surface area contributed by atoms with Crippen LogP contribution in [0.4, 0.5) is 5.69 Å². The molecular weight excluding hydrogens is 519 g/mol. The van der Waals surface area contributed by atoms with Crippen LogP contribution in [0.3, 0.4) is 0 Å². The van der Waals surface area contributed by atoms with Gasteiger partial charge in [0.2, 0.25) is 5.91 Å². The van der Waals surface area contributed by atoms with Gasteiger partial charge in [-0.2, -0.15) is 0 Å². The molecule has 0 bridgehead atoms. The van der Waals surface area contributed by atoms with Gasteiger partial charge in [0.15, 0.2) is 0 Å². The van der Waals surface area contributed by atoms with Crippen LogP contribution in [0.1, 0.15) is 18.4 Å². The van der Waals surface area contributed by atoms with Gasteiger partial charge in [-0.15, -0.1) is 0 Å². The van der Waals surface area contributed by atoms with Gasteiger partial charge in [-0.3, -0.25) is 14.5 Å². The average molecular weight is 538 g/mol. The van der Waals surface area contributed by atoms with Gasteiger partial charge in [-0.05, 0) is 77.0 Å². The summed E-state index contributed by atoms with van der Waals surface area (Å²) in [5.41, 5.74) is 1.64. The van der Waals surface area contributed by atoms with E-state index in [2.05, 4.69) is 27.9 Å². The van der Waals surface area contributed by atoms with Crippen LogP contribution in [0.5, 0.6) is 5.75 Å². The minimum Gasteiger partial charge on any atom is -0.497 e. The number of thiocarbonyl (C=S) groups is 1. The standard InChI is InChI=1S/C21H19IN2O3S2/c1-27-17-5-2-4-14(12-17)13-18-20(26)24(21(28)29-18)11-3-6-19(25)23-16-9-7-15(22)8-10-16/h2,4-5,7-10,12-13H,3,6,11H2,1H3,(H,23,25)/b18-13-. The highest BCUT2D eigenvalue weighted by Crippen LogP contribution is 2.33. The Balaban J connectivity index is 1.54. The smallest absolute Gasteiger partial charge is 0.266 e. The maximum Gasteiger partial charge on any atom is 0.266 e. The number of halogens is 1. The second kappa shape index (κ2) is 10.2. The van der Waals surface area contributed by atoms with E-state index in [1.807, 2.05) is 54.6 Å². The molecule has 1 heterocycles. The van der Waals surface area contributed by atoms with E-state index >= 15 is 0 Å². The Morgan fingerprint density at radius 1 is 1.28 bits per heavy atom. The number of hydrogen-bond acceptors (Lipinski definition) is 5. The fourth-order valence-electron chi connectivity index (χ4n) is 2.73. The lowest BCUT2D eigenvalue weighted by Crippen LogP contribution is -2.29. The highest BCUT2D eigenvalue weighted by Gasteiger charge is 2.31. The van der Waals surface area contributed by atoms with Gasteiger partial charge in [0.1, 0.15) is 10.1 Å². The van der Waals surface area contributed by atoms with E-state index in [-0.39, 0.29) is 11.8 Å². The molecule has 0 atom stereocenters. The number of anilines is 1. The molecule has 3 rings (SSSR count). The first-order valence-electron chi connectivity index (χ1n) is 8.91. The number of carbonyl (C=O) groups excluding carboxylic acids is 2. The van der Waals surface area contributed by atoms with Crippen LogP contribution in [0.15, 0.2) is 53.4 Å². The Hall–Kier alpha value is -1.91. The molecule has 8 heteroatoms. The van der Waals surface area contributed by atoms with Crippen molar-refractivity contribution in [3.8, 4) is 5.75 Å². The van der Waals surface area contributed by atoms with Crippen molar-refractivity contribution in [1.82, 2.24) is 4.90 Å². The molecule has 0 unspecified atom stereocenters. The number of nitrogens with zero attached hydrogens (tertiary/aromatic N) is 1. The summed E-state index contributed by atoms with van der Waals surface area (Å²) in [6.45, 7) is 0.417. The highest BCUT2D eigenvalue weighted by atomic mass is 127. The number of ether oxygens (including phenoxy) is 1. The van der Waals surface area contributed by atoms with E-state index < -0.39 is 0 Å². The van der Waals surface area contributed by atoms with Crippen molar-refractivity contribution in [2.45, 2.75) is 12.8 Å². The second-order valence-electron chi connectivity index (χ2n) is 6.27. The van der Waals surface area contributed by atoms with Crippen molar-refractivity contribution in [1.29, 1.82) is 0 Å². The summed E-state index contributed by atoms with van der Waals surface area (Å²) in [5.74, 6) is 0.526. The summed E-state index contributed by atoms with van der Waals surface area (Å²) in [6.07, 6.45) is 2.67. The van der Waals surface area contributed by atoms with Crippen molar-refractivity contribution >= 4 is 74.5 Å². The molecule has 2 aromatic rings. The highest BCUT2D eigenvalue weighted by molar-refractivity contribution is 14.1. The molecular formula is C21H19IN2O3S2. The van der Waals surface area contributed by atoms with Crippen molar-refractivity contribution in [2.75, 3.05) is 19.0 Å². The minimum atomic E-state index is -0.124. The normalized spacial score (nSPS) is 15.1. The molecule has 1 saturated heterocycles. The van der Waals surface area contributed by atoms with Gasteiger partial charge in [-0.1, -0.05) is 36.1 Å². The van der Waals surface area contributed by atoms with Crippen LogP contribution in [-0.2, 0) is 9.59 Å². The molecule has 1 aliphatic rings. The van der Waals surface area contributed by atoms with E-state index in [9.17, 15) is 9.59 Å². The van der Waals surface area contributed by atoms with Crippen LogP contribution in [0, 0.1) is 3.57 Å². The fourth-order valence-corrected chi connectivity index (χ4v) is 4.40. The number of rotatable bonds is 7. The van der Waals surface area contributed by atoms with Gasteiger partial charge in [0, 0.05) is 22.2 Å². The van der Waals surface area contributed by atoms with Crippen LogP contribution in [-0.4, -0.2) is 34.7 Å². The SMILES string of the molecule is COc1cccc(/C=C2\SC(=S)N(CCCC(=O)Nc3ccc(I)cc3)C2=O)c1. The van der Waals surface area contributed by atoms with Gasteiger partial charge < -0.3 is 10.1 Å². The summed E-state index contributed by atoms with van der Waals surface area (Å²) in [5, 5.41) is 2.86. The molecule has 1 N–H and O–H groups in total. The van der Waals surface area contributed by atoms with Gasteiger partial charge in [0.05, 0.1) is 12.0 Å². The number of hydrogen-bond donors (Lipinski definition) is 1. The maximum absolute atomic E-state index is 12.7. The van der Waals surface area contributed by atoms with Crippen molar-refractivity contribution in [2.24, 2.45) is 0 Å². The van der Waals surface area contributed by atoms with Crippen LogP contribution < -0.4 is 10.1 Å². The van der Waals surface area contributed by atoms with E-state index in [1.54, 1.807) is 12.0 Å². The molecule has 150 valence electrons. The number of benzene rings is 2. The number of carbonyl (C=O) groups is 2. The topological polar surface area (TPSA) is 58.6 Å². The Morgan fingerprint density at radius 3 is 2.76 bits per heavy atom. The van der Waals surface area contributed by atoms with E-state index in [4.69, 9.17) is 17.0 Å². The molecule has 2 amide bonds. The zero-order valence-electron chi connectivity index (χ0n) is 15.7. The fraction of sp³-hybridized carbons (Fsp3) is 0.190. The largest absolute Gasteiger partial charge is 0.497 e. The van der Waals surface area contributed by atoms with Crippen molar-refractivity contribution in [3.63, 3.8) is 0 Å². The number of amides is 2. The zero-order valence-corrected chi connectivity index (χ0v) is 19.5. The molecule has 1 aliphatic heterocycles. The molecule has 0 spiro atoms. The summed E-state index contributed by atoms with van der Waals surface area (Å²) < 4.78 is 6.84. The molecule has 0 saturated carbocycles. The Labute approximate surface area is 193 Å². The lowest BCUT2D eigenvalue weighted by atomic mass is 10.2. The van der Waals surface area contributed by atoms with Crippen molar-refractivity contribution < 1.29 is 14.3 Å². The zero-order chi connectivity index (χ0) is 20.8. The lowest BCUT2D eigenvalue weighted by Gasteiger charge is -2.14. The first-order valence-corrected chi connectivity index (χ1v) is 11.2. The number of nitrogens with one attached hydrogen (secondary N) is 1. The number of methoxy groups -OCH3 is 1.